The number of nitrogens with zero attached hydrogens (tertiary/aromatic N) is 2. The number of nitrogens with two attached hydrogens (primary N) is 1. The Labute approximate surface area is 130 Å². The lowest BCUT2D eigenvalue weighted by molar-refractivity contribution is 0.501. The van der Waals surface area contributed by atoms with Crippen LogP contribution in [0, 0.1) is 28.6 Å². The highest BCUT2D eigenvalue weighted by atomic mass is 14.6. The van der Waals surface area contributed by atoms with E-state index in [2.05, 4.69) is 19.1 Å². The summed E-state index contributed by atoms with van der Waals surface area (Å²) in [4.78, 5) is 0. The standard InChI is InChI=1S/C19H17N3/c1-12-7-8-14-15(9-12)16(10-20)19(22)17(11-21)18(14)13-5-3-2-4-6-13/h2-6,12H,7-9,22H2,1H3. The van der Waals surface area contributed by atoms with E-state index in [1.54, 1.807) is 0 Å². The number of anilines is 1. The topological polar surface area (TPSA) is 73.6 Å². The maximum Gasteiger partial charge on any atom is 0.102 e. The average molecular weight is 287 g/mol. The molecule has 1 atom stereocenters. The summed E-state index contributed by atoms with van der Waals surface area (Å²) in [6, 6.07) is 14.3. The SMILES string of the molecule is CC1CCc2c(c(C#N)c(N)c(C#N)c2-c2ccccc2)C1. The highest BCUT2D eigenvalue weighted by Crippen LogP contribution is 2.41. The van der Waals surface area contributed by atoms with E-state index in [-0.39, 0.29) is 0 Å². The highest BCUT2D eigenvalue weighted by molar-refractivity contribution is 5.85. The minimum absolute atomic E-state index is 0.330. The quantitative estimate of drug-likeness (QED) is 0.811. The van der Waals surface area contributed by atoms with Gasteiger partial charge in [-0.1, -0.05) is 37.3 Å². The number of hydrogen-bond acceptors (Lipinski definition) is 3. The third kappa shape index (κ3) is 2.12. The molecule has 22 heavy (non-hydrogen) atoms. The van der Waals surface area contributed by atoms with Crippen molar-refractivity contribution in [2.75, 3.05) is 5.73 Å². The van der Waals surface area contributed by atoms with Gasteiger partial charge in [-0.25, -0.2) is 0 Å². The Bertz CT molecular complexity index is 808. The Morgan fingerprint density at radius 3 is 2.36 bits per heavy atom. The van der Waals surface area contributed by atoms with Crippen LogP contribution in [0.4, 0.5) is 5.69 Å². The molecule has 0 fully saturated rings. The predicted octanol–water partition coefficient (Wildman–Crippen LogP) is 3.80. The number of benzene rings is 2. The van der Waals surface area contributed by atoms with Crippen molar-refractivity contribution < 1.29 is 0 Å². The molecule has 0 saturated heterocycles. The fourth-order valence-electron chi connectivity index (χ4n) is 3.38. The van der Waals surface area contributed by atoms with Gasteiger partial charge in [0.05, 0.1) is 16.8 Å². The second kappa shape index (κ2) is 5.54. The van der Waals surface area contributed by atoms with Crippen LogP contribution < -0.4 is 5.73 Å². The maximum absolute atomic E-state index is 9.59. The van der Waals surface area contributed by atoms with Crippen molar-refractivity contribution in [1.82, 2.24) is 0 Å². The monoisotopic (exact) mass is 287 g/mol. The molecule has 108 valence electrons. The average Bonchev–Trinajstić information content (AvgIpc) is 2.54. The van der Waals surface area contributed by atoms with Gasteiger partial charge in [0.2, 0.25) is 0 Å². The zero-order chi connectivity index (χ0) is 15.7. The summed E-state index contributed by atoms with van der Waals surface area (Å²) in [5.41, 5.74) is 11.5. The van der Waals surface area contributed by atoms with Gasteiger partial charge in [0, 0.05) is 5.56 Å². The Kier molecular flexibility index (Phi) is 3.57. The summed E-state index contributed by atoms with van der Waals surface area (Å²) in [5, 5.41) is 19.1. The van der Waals surface area contributed by atoms with Crippen LogP contribution in [0.1, 0.15) is 35.6 Å². The maximum atomic E-state index is 9.59. The zero-order valence-corrected chi connectivity index (χ0v) is 12.6. The number of nitrogen functional groups attached to an aromatic ring is 1. The molecule has 0 bridgehead atoms. The van der Waals surface area contributed by atoms with Crippen molar-refractivity contribution in [2.24, 2.45) is 5.92 Å². The molecule has 3 nitrogen and oxygen atoms in total. The van der Waals surface area contributed by atoms with Crippen molar-refractivity contribution in [1.29, 1.82) is 10.5 Å². The second-order valence-corrected chi connectivity index (χ2v) is 5.93. The predicted molar refractivity (Wildman–Crippen MR) is 86.9 cm³/mol. The fraction of sp³-hybridized carbons (Fsp3) is 0.263. The van der Waals surface area contributed by atoms with Gasteiger partial charge >= 0.3 is 0 Å². The van der Waals surface area contributed by atoms with Gasteiger partial charge in [-0.05, 0) is 41.9 Å². The minimum Gasteiger partial charge on any atom is -0.397 e. The van der Waals surface area contributed by atoms with Crippen LogP contribution in [0.15, 0.2) is 30.3 Å². The number of rotatable bonds is 1. The van der Waals surface area contributed by atoms with Gasteiger partial charge in [-0.3, -0.25) is 0 Å². The summed E-state index contributed by atoms with van der Waals surface area (Å²) < 4.78 is 0. The largest absolute Gasteiger partial charge is 0.397 e. The van der Waals surface area contributed by atoms with E-state index in [0.717, 1.165) is 41.5 Å². The van der Waals surface area contributed by atoms with E-state index in [1.807, 2.05) is 30.3 Å². The van der Waals surface area contributed by atoms with E-state index in [1.165, 1.54) is 0 Å². The van der Waals surface area contributed by atoms with E-state index >= 15 is 0 Å². The van der Waals surface area contributed by atoms with Gasteiger partial charge in [0.15, 0.2) is 0 Å². The van der Waals surface area contributed by atoms with Gasteiger partial charge < -0.3 is 5.73 Å². The van der Waals surface area contributed by atoms with Crippen LogP contribution >= 0.6 is 0 Å². The van der Waals surface area contributed by atoms with E-state index in [0.29, 0.717) is 22.7 Å². The van der Waals surface area contributed by atoms with Gasteiger partial charge in [0.25, 0.3) is 0 Å². The van der Waals surface area contributed by atoms with Crippen LogP contribution in [0.5, 0.6) is 0 Å². The zero-order valence-electron chi connectivity index (χ0n) is 12.6. The van der Waals surface area contributed by atoms with E-state index < -0.39 is 0 Å². The molecule has 1 aliphatic rings. The first-order chi connectivity index (χ1) is 10.7. The Morgan fingerprint density at radius 2 is 1.73 bits per heavy atom. The summed E-state index contributed by atoms with van der Waals surface area (Å²) >= 11 is 0. The lowest BCUT2D eigenvalue weighted by Crippen LogP contribution is -2.17. The first kappa shape index (κ1) is 14.2. The molecule has 0 radical (unpaired) electrons. The van der Waals surface area contributed by atoms with Crippen molar-refractivity contribution in [3.05, 3.63) is 52.6 Å². The molecular formula is C19H17N3. The Hall–Kier alpha value is -2.78. The lowest BCUT2D eigenvalue weighted by atomic mass is 9.77. The Morgan fingerprint density at radius 1 is 1.05 bits per heavy atom. The van der Waals surface area contributed by atoms with Crippen LogP contribution in [-0.4, -0.2) is 0 Å². The smallest absolute Gasteiger partial charge is 0.102 e. The number of fused-ring (bicyclic) bond motifs is 1. The third-order valence-electron chi connectivity index (χ3n) is 4.48. The minimum atomic E-state index is 0.330. The van der Waals surface area contributed by atoms with Gasteiger partial charge in [-0.2, -0.15) is 10.5 Å². The van der Waals surface area contributed by atoms with Gasteiger partial charge in [0.1, 0.15) is 12.1 Å². The van der Waals surface area contributed by atoms with Crippen molar-refractivity contribution in [3.8, 4) is 23.3 Å². The summed E-state index contributed by atoms with van der Waals surface area (Å²) in [6.45, 7) is 2.20. The molecule has 0 spiro atoms. The van der Waals surface area contributed by atoms with Crippen molar-refractivity contribution >= 4 is 5.69 Å². The third-order valence-corrected chi connectivity index (χ3v) is 4.48. The summed E-state index contributed by atoms with van der Waals surface area (Å²) in [5.74, 6) is 0.538. The molecular weight excluding hydrogens is 270 g/mol. The van der Waals surface area contributed by atoms with Crippen LogP contribution in [0.2, 0.25) is 0 Å². The molecule has 0 aliphatic heterocycles. The molecule has 3 rings (SSSR count). The van der Waals surface area contributed by atoms with Crippen molar-refractivity contribution in [3.63, 3.8) is 0 Å². The molecule has 0 amide bonds. The molecule has 0 saturated carbocycles. The highest BCUT2D eigenvalue weighted by Gasteiger charge is 2.27. The van der Waals surface area contributed by atoms with E-state index in [9.17, 15) is 10.5 Å². The first-order valence-corrected chi connectivity index (χ1v) is 7.50. The molecule has 2 N–H and O–H groups in total. The summed E-state index contributed by atoms with van der Waals surface area (Å²) in [7, 11) is 0. The Balaban J connectivity index is 2.40. The molecule has 1 aliphatic carbocycles. The van der Waals surface area contributed by atoms with Gasteiger partial charge in [-0.15, -0.1) is 0 Å². The van der Waals surface area contributed by atoms with Crippen LogP contribution in [0.25, 0.3) is 11.1 Å². The summed E-state index contributed by atoms with van der Waals surface area (Å²) in [6.07, 6.45) is 2.82. The molecule has 2 aromatic carbocycles. The molecule has 0 aromatic heterocycles. The molecule has 3 heteroatoms. The van der Waals surface area contributed by atoms with Crippen molar-refractivity contribution in [2.45, 2.75) is 26.2 Å². The number of hydrogen-bond donors (Lipinski definition) is 1. The first-order valence-electron chi connectivity index (χ1n) is 7.50. The number of nitriles is 2. The molecule has 1 unspecified atom stereocenters. The molecule has 0 heterocycles. The van der Waals surface area contributed by atoms with E-state index in [4.69, 9.17) is 5.73 Å². The van der Waals surface area contributed by atoms with Crippen LogP contribution in [-0.2, 0) is 12.8 Å². The van der Waals surface area contributed by atoms with Crippen LogP contribution in [0.3, 0.4) is 0 Å². The molecule has 2 aromatic rings. The normalized spacial score (nSPS) is 16.4. The fourth-order valence-corrected chi connectivity index (χ4v) is 3.38. The lowest BCUT2D eigenvalue weighted by Gasteiger charge is -2.27. The second-order valence-electron chi connectivity index (χ2n) is 5.93.